The molecule has 10 nitrogen and oxygen atoms in total. The Morgan fingerprint density at radius 3 is 2.27 bits per heavy atom. The summed E-state index contributed by atoms with van der Waals surface area (Å²) in [6.45, 7) is 21.5. The summed E-state index contributed by atoms with van der Waals surface area (Å²) in [7, 11) is -2.47. The van der Waals surface area contributed by atoms with Crippen LogP contribution in [0.25, 0.3) is 22.6 Å². The summed E-state index contributed by atoms with van der Waals surface area (Å²) < 4.78 is 16.6. The largest absolute Gasteiger partial charge is 0.361 e. The van der Waals surface area contributed by atoms with Gasteiger partial charge >= 0.3 is 0 Å². The van der Waals surface area contributed by atoms with E-state index in [4.69, 9.17) is 24.5 Å². The first-order valence-corrected chi connectivity index (χ1v) is 26.9. The summed E-state index contributed by atoms with van der Waals surface area (Å²) in [6.07, 6.45) is 3.94. The number of ether oxygens (including phenoxy) is 2. The maximum absolute atomic E-state index is 6.41. The van der Waals surface area contributed by atoms with Crippen LogP contribution in [0.1, 0.15) is 11.1 Å². The summed E-state index contributed by atoms with van der Waals surface area (Å²) in [4.78, 5) is 13.6. The van der Waals surface area contributed by atoms with Gasteiger partial charge in [0.05, 0.1) is 22.9 Å². The Labute approximate surface area is 315 Å². The molecule has 3 aromatic heterocycles. The fraction of sp³-hybridized carbons (Fsp3) is 0.462. The normalized spacial score (nSPS) is 14.3. The van der Waals surface area contributed by atoms with Crippen LogP contribution in [0.5, 0.6) is 0 Å². The van der Waals surface area contributed by atoms with Crippen molar-refractivity contribution in [2.45, 2.75) is 82.0 Å². The lowest BCUT2D eigenvalue weighted by molar-refractivity contribution is 0.0786. The van der Waals surface area contributed by atoms with E-state index in [0.29, 0.717) is 13.5 Å². The zero-order valence-electron chi connectivity index (χ0n) is 31.8. The van der Waals surface area contributed by atoms with Gasteiger partial charge in [0.1, 0.15) is 19.3 Å². The molecule has 1 aliphatic rings. The number of anilines is 2. The highest BCUT2D eigenvalue weighted by molar-refractivity contribution is 7.98. The van der Waals surface area contributed by atoms with Crippen LogP contribution in [-0.4, -0.2) is 84.8 Å². The average molecular weight is 757 g/mol. The number of thioether (sulfide) groups is 1. The molecule has 0 spiro atoms. The highest BCUT2D eigenvalue weighted by Crippen LogP contribution is 2.33. The Hall–Kier alpha value is -3.31. The first-order chi connectivity index (χ1) is 25.0. The van der Waals surface area contributed by atoms with Crippen molar-refractivity contribution in [2.75, 3.05) is 44.7 Å². The van der Waals surface area contributed by atoms with Crippen LogP contribution in [0.15, 0.2) is 78.0 Å². The molecule has 2 N–H and O–H groups in total. The third-order valence-electron chi connectivity index (χ3n) is 9.09. The lowest BCUT2D eigenvalue weighted by Crippen LogP contribution is -2.42. The Kier molecular flexibility index (Phi) is 13.1. The number of pyridine rings is 1. The number of nitrogens with zero attached hydrogens (tertiary/aromatic N) is 6. The van der Waals surface area contributed by atoms with E-state index in [2.05, 4.69) is 114 Å². The molecule has 6 rings (SSSR count). The van der Waals surface area contributed by atoms with E-state index in [1.165, 1.54) is 11.1 Å². The minimum absolute atomic E-state index is 0.365. The van der Waals surface area contributed by atoms with Crippen molar-refractivity contribution in [1.82, 2.24) is 34.5 Å². The first-order valence-electron chi connectivity index (χ1n) is 18.5. The third-order valence-corrected chi connectivity index (χ3v) is 13.5. The van der Waals surface area contributed by atoms with Gasteiger partial charge in [0.2, 0.25) is 0 Å². The maximum Gasteiger partial charge on any atom is 0.165 e. The molecule has 0 bridgehead atoms. The molecule has 13 heteroatoms. The molecular formula is C39H56N8O2SSi2. The zero-order chi connectivity index (χ0) is 36.6. The molecule has 5 aromatic rings. The molecule has 1 aliphatic heterocycles. The number of nitrogens with one attached hydrogen (secondary N) is 2. The van der Waals surface area contributed by atoms with Crippen molar-refractivity contribution in [2.24, 2.45) is 0 Å². The maximum atomic E-state index is 6.41. The van der Waals surface area contributed by atoms with Gasteiger partial charge in [-0.2, -0.15) is 5.10 Å². The highest BCUT2D eigenvalue weighted by atomic mass is 32.2. The van der Waals surface area contributed by atoms with Crippen LogP contribution >= 0.6 is 11.8 Å². The van der Waals surface area contributed by atoms with E-state index in [9.17, 15) is 0 Å². The number of hydrogen-bond acceptors (Lipinski definition) is 9. The van der Waals surface area contributed by atoms with Crippen molar-refractivity contribution in [3.63, 3.8) is 0 Å². The van der Waals surface area contributed by atoms with Crippen molar-refractivity contribution < 1.29 is 9.47 Å². The summed E-state index contributed by atoms with van der Waals surface area (Å²) >= 11 is 1.78. The van der Waals surface area contributed by atoms with Gasteiger partial charge in [0.15, 0.2) is 11.5 Å². The Bertz CT molecular complexity index is 1860. The van der Waals surface area contributed by atoms with Crippen molar-refractivity contribution in [3.05, 3.63) is 84.2 Å². The standard InChI is InChI=1S/C39H56N8O2SSi2/c1-51(2,3)22-20-48-29-46-27-35(42-37-15-13-33(25-41-37)50-28-31-10-8-7-9-11-31)38(44-46)39-43-34-14-12-32(26-45-18-16-40-17-19-45)24-36(34)47(39)30-49-21-23-52(4,5)6/h7-15,24-25,27,40H,16-23,26,28-30H2,1-6H3,(H,41,42). The van der Waals surface area contributed by atoms with Crippen LogP contribution in [-0.2, 0) is 35.2 Å². The number of piperazine rings is 1. The quantitative estimate of drug-likeness (QED) is 0.0520. The summed E-state index contributed by atoms with van der Waals surface area (Å²) in [6, 6.07) is 23.5. The predicted molar refractivity (Wildman–Crippen MR) is 221 cm³/mol. The highest BCUT2D eigenvalue weighted by Gasteiger charge is 2.22. The predicted octanol–water partition coefficient (Wildman–Crippen LogP) is 8.36. The second kappa shape index (κ2) is 17.7. The third kappa shape index (κ3) is 11.3. The fourth-order valence-corrected chi connectivity index (χ4v) is 8.27. The zero-order valence-corrected chi connectivity index (χ0v) is 34.6. The van der Waals surface area contributed by atoms with E-state index in [1.807, 2.05) is 23.1 Å². The number of rotatable bonds is 18. The monoisotopic (exact) mass is 756 g/mol. The van der Waals surface area contributed by atoms with Gasteiger partial charge in [-0.15, -0.1) is 11.8 Å². The molecule has 0 saturated carbocycles. The molecule has 0 unspecified atom stereocenters. The minimum Gasteiger partial charge on any atom is -0.361 e. The number of fused-ring (bicyclic) bond motifs is 1. The number of aromatic nitrogens is 5. The van der Waals surface area contributed by atoms with Gasteiger partial charge in [0.25, 0.3) is 0 Å². The summed E-state index contributed by atoms with van der Waals surface area (Å²) in [5.41, 5.74) is 6.12. The molecule has 4 heterocycles. The molecule has 278 valence electrons. The van der Waals surface area contributed by atoms with E-state index in [1.54, 1.807) is 11.8 Å². The van der Waals surface area contributed by atoms with Gasteiger partial charge in [-0.3, -0.25) is 9.47 Å². The molecule has 0 radical (unpaired) electrons. The Balaban J connectivity index is 1.30. The van der Waals surface area contributed by atoms with Crippen LogP contribution in [0.4, 0.5) is 11.5 Å². The van der Waals surface area contributed by atoms with Gasteiger partial charge in [0, 0.05) is 78.9 Å². The SMILES string of the molecule is C[Si](C)(C)CCOCn1cc(Nc2ccc(SCc3ccccc3)cn2)c(-c2nc3ccc(CN4CCNCC4)cc3n2COCC[Si](C)(C)C)n1. The van der Waals surface area contributed by atoms with Gasteiger partial charge in [-0.1, -0.05) is 75.7 Å². The van der Waals surface area contributed by atoms with Crippen LogP contribution in [0.3, 0.4) is 0 Å². The smallest absolute Gasteiger partial charge is 0.165 e. The Morgan fingerprint density at radius 2 is 1.58 bits per heavy atom. The van der Waals surface area contributed by atoms with Crippen molar-refractivity contribution in [1.29, 1.82) is 0 Å². The minimum atomic E-state index is -1.25. The van der Waals surface area contributed by atoms with Crippen LogP contribution in [0, 0.1) is 0 Å². The molecule has 1 fully saturated rings. The van der Waals surface area contributed by atoms with E-state index in [0.717, 1.165) is 103 Å². The van der Waals surface area contributed by atoms with E-state index < -0.39 is 16.1 Å². The van der Waals surface area contributed by atoms with E-state index in [-0.39, 0.29) is 0 Å². The Morgan fingerprint density at radius 1 is 0.846 bits per heavy atom. The van der Waals surface area contributed by atoms with Crippen LogP contribution < -0.4 is 10.6 Å². The lowest BCUT2D eigenvalue weighted by Gasteiger charge is -2.27. The van der Waals surface area contributed by atoms with Gasteiger partial charge < -0.3 is 20.1 Å². The lowest BCUT2D eigenvalue weighted by atomic mass is 10.1. The van der Waals surface area contributed by atoms with Crippen LogP contribution in [0.2, 0.25) is 51.4 Å². The molecular weight excluding hydrogens is 701 g/mol. The van der Waals surface area contributed by atoms with E-state index >= 15 is 0 Å². The number of hydrogen-bond donors (Lipinski definition) is 2. The van der Waals surface area contributed by atoms with Crippen molar-refractivity contribution in [3.8, 4) is 11.5 Å². The van der Waals surface area contributed by atoms with Crippen molar-refractivity contribution >= 4 is 50.4 Å². The van der Waals surface area contributed by atoms with Gasteiger partial charge in [-0.25, -0.2) is 14.6 Å². The second-order valence-corrected chi connectivity index (χ2v) is 28.4. The fourth-order valence-electron chi connectivity index (χ4n) is 5.94. The molecule has 0 aliphatic carbocycles. The summed E-state index contributed by atoms with van der Waals surface area (Å²) in [5.74, 6) is 2.41. The molecule has 2 aromatic carbocycles. The first kappa shape index (κ1) is 38.4. The average Bonchev–Trinajstić information content (AvgIpc) is 3.68. The molecule has 52 heavy (non-hydrogen) atoms. The summed E-state index contributed by atoms with van der Waals surface area (Å²) in [5, 5.41) is 12.1. The molecule has 0 amide bonds. The number of benzene rings is 2. The topological polar surface area (TPSA) is 94.3 Å². The van der Waals surface area contributed by atoms with Gasteiger partial charge in [-0.05, 0) is 47.5 Å². The molecule has 0 atom stereocenters. The second-order valence-electron chi connectivity index (χ2n) is 16.1. The molecule has 1 saturated heterocycles. The number of imidazole rings is 1.